The van der Waals surface area contributed by atoms with Gasteiger partial charge < -0.3 is 14.2 Å². The fourth-order valence-corrected chi connectivity index (χ4v) is 2.41. The number of ether oxygens (including phenoxy) is 1. The standard InChI is InChI=1S/C15H17O4P/c16-20(17,19-13-14-7-3-1-4-8-14)12-11-18-15-9-5-2-6-10-15/h1-10H,11-13H2,(H,16,17). The Bertz CT molecular complexity index is 557. The first-order valence-corrected chi connectivity index (χ1v) is 8.10. The fourth-order valence-electron chi connectivity index (χ4n) is 1.61. The molecule has 1 N–H and O–H groups in total. The average molecular weight is 292 g/mol. The molecule has 2 rings (SSSR count). The van der Waals surface area contributed by atoms with E-state index in [2.05, 4.69) is 0 Å². The third-order valence-corrected chi connectivity index (χ3v) is 3.94. The van der Waals surface area contributed by atoms with Gasteiger partial charge in [0.05, 0.1) is 19.4 Å². The van der Waals surface area contributed by atoms with Crippen LogP contribution >= 0.6 is 7.60 Å². The Kier molecular flexibility index (Phi) is 5.36. The molecule has 0 heterocycles. The molecule has 0 bridgehead atoms. The first-order chi connectivity index (χ1) is 9.66. The van der Waals surface area contributed by atoms with Crippen LogP contribution in [0.3, 0.4) is 0 Å². The molecule has 0 saturated carbocycles. The van der Waals surface area contributed by atoms with Crippen molar-refractivity contribution in [1.82, 2.24) is 0 Å². The molecule has 0 fully saturated rings. The molecule has 2 aromatic rings. The van der Waals surface area contributed by atoms with E-state index in [1.807, 2.05) is 48.5 Å². The van der Waals surface area contributed by atoms with Crippen LogP contribution in [0.2, 0.25) is 0 Å². The Morgan fingerprint density at radius 3 is 2.20 bits per heavy atom. The van der Waals surface area contributed by atoms with Gasteiger partial charge in [-0.15, -0.1) is 0 Å². The van der Waals surface area contributed by atoms with Crippen molar-refractivity contribution in [1.29, 1.82) is 0 Å². The summed E-state index contributed by atoms with van der Waals surface area (Å²) in [5.74, 6) is 0.676. The molecule has 4 nitrogen and oxygen atoms in total. The molecule has 106 valence electrons. The maximum atomic E-state index is 11.8. The second-order valence-corrected chi connectivity index (χ2v) is 6.26. The lowest BCUT2D eigenvalue weighted by atomic mass is 10.2. The Labute approximate surface area is 118 Å². The summed E-state index contributed by atoms with van der Waals surface area (Å²) in [6.45, 7) is 0.270. The topological polar surface area (TPSA) is 55.8 Å². The lowest BCUT2D eigenvalue weighted by Crippen LogP contribution is -2.05. The third-order valence-electron chi connectivity index (χ3n) is 2.66. The van der Waals surface area contributed by atoms with Crippen LogP contribution in [0.1, 0.15) is 5.56 Å². The SMILES string of the molecule is O=P(O)(CCOc1ccccc1)OCc1ccccc1. The van der Waals surface area contributed by atoms with Gasteiger partial charge in [-0.3, -0.25) is 4.57 Å². The van der Waals surface area contributed by atoms with Crippen LogP contribution in [0.15, 0.2) is 60.7 Å². The van der Waals surface area contributed by atoms with Crippen molar-refractivity contribution in [3.05, 3.63) is 66.2 Å². The molecule has 0 aromatic heterocycles. The normalized spacial score (nSPS) is 13.7. The minimum absolute atomic E-state index is 0.0330. The van der Waals surface area contributed by atoms with Gasteiger partial charge >= 0.3 is 7.60 Å². The van der Waals surface area contributed by atoms with Crippen LogP contribution in [0.4, 0.5) is 0 Å². The van der Waals surface area contributed by atoms with Crippen LogP contribution in [0.5, 0.6) is 5.75 Å². The van der Waals surface area contributed by atoms with Crippen LogP contribution in [0.25, 0.3) is 0 Å². The minimum Gasteiger partial charge on any atom is -0.493 e. The minimum atomic E-state index is -3.62. The lowest BCUT2D eigenvalue weighted by molar-refractivity contribution is 0.241. The van der Waals surface area contributed by atoms with Crippen LogP contribution in [-0.2, 0) is 15.7 Å². The van der Waals surface area contributed by atoms with Crippen molar-refractivity contribution in [3.63, 3.8) is 0 Å². The van der Waals surface area contributed by atoms with Gasteiger partial charge in [-0.05, 0) is 17.7 Å². The Hall–Kier alpha value is -1.61. The Morgan fingerprint density at radius 2 is 1.55 bits per heavy atom. The van der Waals surface area contributed by atoms with E-state index < -0.39 is 7.60 Å². The van der Waals surface area contributed by atoms with Crippen molar-refractivity contribution in [2.75, 3.05) is 12.8 Å². The van der Waals surface area contributed by atoms with Gasteiger partial charge in [0.25, 0.3) is 0 Å². The summed E-state index contributed by atoms with van der Waals surface area (Å²) in [4.78, 5) is 9.71. The average Bonchev–Trinajstić information content (AvgIpc) is 2.47. The van der Waals surface area contributed by atoms with Gasteiger partial charge in [0.2, 0.25) is 0 Å². The van der Waals surface area contributed by atoms with E-state index in [-0.39, 0.29) is 19.4 Å². The molecule has 2 aromatic carbocycles. The number of rotatable bonds is 7. The van der Waals surface area contributed by atoms with Crippen LogP contribution in [0, 0.1) is 0 Å². The second-order valence-electron chi connectivity index (χ2n) is 4.28. The monoisotopic (exact) mass is 292 g/mol. The van der Waals surface area contributed by atoms with Crippen molar-refractivity contribution >= 4 is 7.60 Å². The van der Waals surface area contributed by atoms with Crippen molar-refractivity contribution in [2.24, 2.45) is 0 Å². The largest absolute Gasteiger partial charge is 0.493 e. The Balaban J connectivity index is 1.75. The van der Waals surface area contributed by atoms with E-state index in [1.54, 1.807) is 12.1 Å². The fraction of sp³-hybridized carbons (Fsp3) is 0.200. The smallest absolute Gasteiger partial charge is 0.331 e. The van der Waals surface area contributed by atoms with E-state index in [9.17, 15) is 9.46 Å². The molecule has 0 amide bonds. The molecule has 0 aliphatic rings. The second kappa shape index (κ2) is 7.25. The predicted molar refractivity (Wildman–Crippen MR) is 77.9 cm³/mol. The van der Waals surface area contributed by atoms with Gasteiger partial charge in [0.15, 0.2) is 0 Å². The zero-order valence-electron chi connectivity index (χ0n) is 11.0. The predicted octanol–water partition coefficient (Wildman–Crippen LogP) is 3.47. The molecule has 0 aliphatic carbocycles. The van der Waals surface area contributed by atoms with E-state index in [0.717, 1.165) is 5.56 Å². The van der Waals surface area contributed by atoms with Gasteiger partial charge in [-0.1, -0.05) is 48.5 Å². The van der Waals surface area contributed by atoms with Gasteiger partial charge in [-0.25, -0.2) is 0 Å². The van der Waals surface area contributed by atoms with Gasteiger partial charge in [-0.2, -0.15) is 0 Å². The summed E-state index contributed by atoms with van der Waals surface area (Å²) in [5.41, 5.74) is 0.866. The van der Waals surface area contributed by atoms with Crippen LogP contribution < -0.4 is 4.74 Å². The summed E-state index contributed by atoms with van der Waals surface area (Å²) >= 11 is 0. The van der Waals surface area contributed by atoms with Crippen molar-refractivity contribution < 1.29 is 18.7 Å². The van der Waals surface area contributed by atoms with E-state index >= 15 is 0 Å². The summed E-state index contributed by atoms with van der Waals surface area (Å²) < 4.78 is 22.3. The zero-order valence-corrected chi connectivity index (χ0v) is 11.9. The highest BCUT2D eigenvalue weighted by Crippen LogP contribution is 2.42. The first-order valence-electron chi connectivity index (χ1n) is 6.34. The van der Waals surface area contributed by atoms with Crippen LogP contribution in [-0.4, -0.2) is 17.7 Å². The maximum Gasteiger partial charge on any atom is 0.331 e. The van der Waals surface area contributed by atoms with Crippen molar-refractivity contribution in [3.8, 4) is 5.75 Å². The van der Waals surface area contributed by atoms with E-state index in [0.29, 0.717) is 5.75 Å². The molecule has 20 heavy (non-hydrogen) atoms. The first kappa shape index (κ1) is 14.8. The molecule has 0 radical (unpaired) electrons. The third kappa shape index (κ3) is 5.17. The lowest BCUT2D eigenvalue weighted by Gasteiger charge is -2.13. The molecule has 1 atom stereocenters. The molecule has 0 aliphatic heterocycles. The van der Waals surface area contributed by atoms with Crippen molar-refractivity contribution in [2.45, 2.75) is 6.61 Å². The number of benzene rings is 2. The quantitative estimate of drug-likeness (QED) is 0.794. The molecule has 0 spiro atoms. The number of hydrogen-bond donors (Lipinski definition) is 1. The van der Waals surface area contributed by atoms with E-state index in [1.165, 1.54) is 0 Å². The summed E-state index contributed by atoms with van der Waals surface area (Å²) in [7, 11) is -3.62. The summed E-state index contributed by atoms with van der Waals surface area (Å²) in [5, 5.41) is 0. The molecule has 0 saturated heterocycles. The zero-order chi connectivity index (χ0) is 14.3. The molecular weight excluding hydrogens is 275 g/mol. The highest BCUT2D eigenvalue weighted by molar-refractivity contribution is 7.52. The Morgan fingerprint density at radius 1 is 0.950 bits per heavy atom. The highest BCUT2D eigenvalue weighted by atomic mass is 31.2. The maximum absolute atomic E-state index is 11.8. The van der Waals surface area contributed by atoms with Gasteiger partial charge in [0, 0.05) is 0 Å². The number of hydrogen-bond acceptors (Lipinski definition) is 3. The molecule has 5 heteroatoms. The summed E-state index contributed by atoms with van der Waals surface area (Å²) in [6, 6.07) is 18.5. The van der Waals surface area contributed by atoms with Gasteiger partial charge in [0.1, 0.15) is 5.75 Å². The van der Waals surface area contributed by atoms with E-state index in [4.69, 9.17) is 9.26 Å². The molecule has 1 unspecified atom stereocenters. The number of para-hydroxylation sites is 1. The highest BCUT2D eigenvalue weighted by Gasteiger charge is 2.19. The summed E-state index contributed by atoms with van der Waals surface area (Å²) in [6.07, 6.45) is -0.0330. The molecular formula is C15H17O4P.